The zero-order chi connectivity index (χ0) is 20.3. The lowest BCUT2D eigenvalue weighted by Gasteiger charge is -2.35. The van der Waals surface area contributed by atoms with Crippen LogP contribution in [0, 0.1) is 11.8 Å². The van der Waals surface area contributed by atoms with Crippen LogP contribution in [0.5, 0.6) is 0 Å². The molecular weight excluding hydrogens is 378 g/mol. The molecule has 3 heterocycles. The number of aliphatic hydroxyl groups excluding tert-OH is 1. The molecule has 3 aromatic rings. The van der Waals surface area contributed by atoms with E-state index in [1.807, 2.05) is 35.3 Å². The highest BCUT2D eigenvalue weighted by molar-refractivity contribution is 5.28. The van der Waals surface area contributed by atoms with E-state index < -0.39 is 0 Å². The number of hydrogen-bond acceptors (Lipinski definition) is 7. The predicted molar refractivity (Wildman–Crippen MR) is 112 cm³/mol. The molecule has 2 N–H and O–H groups in total. The van der Waals surface area contributed by atoms with Crippen LogP contribution in [0.3, 0.4) is 0 Å². The minimum Gasteiger partial charge on any atom is -0.391 e. The number of aromatic nitrogens is 5. The lowest BCUT2D eigenvalue weighted by atomic mass is 9.77. The van der Waals surface area contributed by atoms with E-state index in [9.17, 15) is 5.11 Å². The largest absolute Gasteiger partial charge is 0.391 e. The van der Waals surface area contributed by atoms with Crippen LogP contribution in [0.1, 0.15) is 30.0 Å². The van der Waals surface area contributed by atoms with Gasteiger partial charge in [0, 0.05) is 44.1 Å². The van der Waals surface area contributed by atoms with Crippen LogP contribution in [0.15, 0.2) is 55.4 Å². The van der Waals surface area contributed by atoms with Gasteiger partial charge in [0.1, 0.15) is 12.7 Å². The highest BCUT2D eigenvalue weighted by Crippen LogP contribution is 2.41. The quantitative estimate of drug-likeness (QED) is 0.649. The van der Waals surface area contributed by atoms with Crippen LogP contribution in [0.2, 0.25) is 0 Å². The number of anilines is 1. The SMILES string of the molecule is O[C@@H]1C[C@H]2CN(Cc3cnc(NCc4ccccc4)nc3)C[C@H]2C[C@H]1n1cncn1. The van der Waals surface area contributed by atoms with Crippen molar-refractivity contribution in [2.75, 3.05) is 18.4 Å². The van der Waals surface area contributed by atoms with Crippen LogP contribution in [0.4, 0.5) is 5.95 Å². The third kappa shape index (κ3) is 4.20. The number of hydrogen-bond donors (Lipinski definition) is 2. The smallest absolute Gasteiger partial charge is 0.222 e. The monoisotopic (exact) mass is 405 g/mol. The summed E-state index contributed by atoms with van der Waals surface area (Å²) >= 11 is 0. The van der Waals surface area contributed by atoms with Gasteiger partial charge in [0.15, 0.2) is 0 Å². The van der Waals surface area contributed by atoms with Crippen LogP contribution >= 0.6 is 0 Å². The van der Waals surface area contributed by atoms with Gasteiger partial charge in [0.2, 0.25) is 5.95 Å². The Balaban J connectivity index is 1.15. The molecule has 0 unspecified atom stereocenters. The summed E-state index contributed by atoms with van der Waals surface area (Å²) in [6.07, 6.45) is 8.50. The molecule has 1 saturated carbocycles. The van der Waals surface area contributed by atoms with Gasteiger partial charge in [-0.3, -0.25) is 4.90 Å². The molecule has 5 rings (SSSR count). The highest BCUT2D eigenvalue weighted by Gasteiger charge is 2.42. The van der Waals surface area contributed by atoms with Crippen LogP contribution in [0.25, 0.3) is 0 Å². The molecule has 8 nitrogen and oxygen atoms in total. The second kappa shape index (κ2) is 8.49. The van der Waals surface area contributed by atoms with Gasteiger partial charge >= 0.3 is 0 Å². The molecule has 0 bridgehead atoms. The highest BCUT2D eigenvalue weighted by atomic mass is 16.3. The summed E-state index contributed by atoms with van der Waals surface area (Å²) in [6.45, 7) is 3.61. The fourth-order valence-corrected chi connectivity index (χ4v) is 4.87. The van der Waals surface area contributed by atoms with Gasteiger partial charge in [-0.05, 0) is 30.2 Å². The third-order valence-electron chi connectivity index (χ3n) is 6.37. The lowest BCUT2D eigenvalue weighted by molar-refractivity contribution is 0.0304. The number of rotatable bonds is 6. The van der Waals surface area contributed by atoms with Gasteiger partial charge in [-0.25, -0.2) is 19.6 Å². The van der Waals surface area contributed by atoms with Crippen molar-refractivity contribution in [3.63, 3.8) is 0 Å². The fraction of sp³-hybridized carbons (Fsp3) is 0.455. The average Bonchev–Trinajstić information content (AvgIpc) is 3.43. The summed E-state index contributed by atoms with van der Waals surface area (Å²) in [6, 6.07) is 10.3. The molecule has 1 saturated heterocycles. The first-order chi connectivity index (χ1) is 14.7. The van der Waals surface area contributed by atoms with Gasteiger partial charge in [-0.1, -0.05) is 30.3 Å². The predicted octanol–water partition coefficient (Wildman–Crippen LogP) is 2.12. The summed E-state index contributed by atoms with van der Waals surface area (Å²) in [5, 5.41) is 18.1. The number of nitrogens with zero attached hydrogens (tertiary/aromatic N) is 6. The average molecular weight is 406 g/mol. The van der Waals surface area contributed by atoms with Crippen molar-refractivity contribution in [3.8, 4) is 0 Å². The minimum absolute atomic E-state index is 0.0343. The van der Waals surface area contributed by atoms with Gasteiger partial charge in [-0.2, -0.15) is 5.10 Å². The molecule has 1 aliphatic carbocycles. The molecule has 2 aliphatic rings. The molecule has 30 heavy (non-hydrogen) atoms. The maximum Gasteiger partial charge on any atom is 0.222 e. The Labute approximate surface area is 176 Å². The van der Waals surface area contributed by atoms with Crippen molar-refractivity contribution in [2.45, 2.75) is 38.1 Å². The zero-order valence-corrected chi connectivity index (χ0v) is 16.9. The second-order valence-electron chi connectivity index (χ2n) is 8.45. The topological polar surface area (TPSA) is 92.0 Å². The molecule has 1 aliphatic heterocycles. The standard InChI is InChI=1S/C22H27N7O/c30-21-7-19-13-28(12-18(19)6-20(21)29-15-23-14-27-29)11-17-9-25-22(26-10-17)24-8-16-4-2-1-3-5-16/h1-5,9-10,14-15,18-21,30H,6-8,11-13H2,(H,24,25,26)/t18-,19+,20-,21-/m1/s1. The van der Waals surface area contributed by atoms with Gasteiger partial charge in [0.25, 0.3) is 0 Å². The second-order valence-corrected chi connectivity index (χ2v) is 8.45. The van der Waals surface area contributed by atoms with Gasteiger partial charge in [0.05, 0.1) is 12.1 Å². The Morgan fingerprint density at radius 2 is 1.77 bits per heavy atom. The molecule has 2 aromatic heterocycles. The van der Waals surface area contributed by atoms with Crippen molar-refractivity contribution in [1.82, 2.24) is 29.6 Å². The van der Waals surface area contributed by atoms with Gasteiger partial charge in [-0.15, -0.1) is 0 Å². The van der Waals surface area contributed by atoms with E-state index in [1.165, 1.54) is 11.9 Å². The van der Waals surface area contributed by atoms with Crippen LogP contribution < -0.4 is 5.32 Å². The summed E-state index contributed by atoms with van der Waals surface area (Å²) in [5.74, 6) is 1.76. The molecule has 0 radical (unpaired) electrons. The van der Waals surface area contributed by atoms with Crippen LogP contribution in [-0.4, -0.2) is 53.9 Å². The van der Waals surface area contributed by atoms with E-state index in [0.29, 0.717) is 24.3 Å². The molecule has 8 heteroatoms. The first-order valence-electron chi connectivity index (χ1n) is 10.6. The molecule has 1 aromatic carbocycles. The number of benzene rings is 1. The van der Waals surface area contributed by atoms with E-state index >= 15 is 0 Å². The molecule has 2 fully saturated rings. The van der Waals surface area contributed by atoms with Crippen molar-refractivity contribution < 1.29 is 5.11 Å². The maximum absolute atomic E-state index is 10.6. The molecule has 0 amide bonds. The summed E-state index contributed by atoms with van der Waals surface area (Å²) in [5.41, 5.74) is 2.32. The van der Waals surface area contributed by atoms with E-state index in [-0.39, 0.29) is 12.1 Å². The Kier molecular flexibility index (Phi) is 5.42. The van der Waals surface area contributed by atoms with Crippen molar-refractivity contribution in [3.05, 3.63) is 66.5 Å². The number of likely N-dealkylation sites (tertiary alicyclic amines) is 1. The fourth-order valence-electron chi connectivity index (χ4n) is 4.87. The summed E-state index contributed by atoms with van der Waals surface area (Å²) < 4.78 is 1.82. The first kappa shape index (κ1) is 19.1. The normalized spacial score (nSPS) is 26.4. The van der Waals surface area contributed by atoms with Crippen molar-refractivity contribution in [2.24, 2.45) is 11.8 Å². The van der Waals surface area contributed by atoms with Gasteiger partial charge < -0.3 is 10.4 Å². The molecule has 0 spiro atoms. The molecule has 156 valence electrons. The third-order valence-corrected chi connectivity index (χ3v) is 6.37. The van der Waals surface area contributed by atoms with Crippen molar-refractivity contribution >= 4 is 5.95 Å². The summed E-state index contributed by atoms with van der Waals surface area (Å²) in [4.78, 5) is 15.5. The minimum atomic E-state index is -0.355. The Hall–Kier alpha value is -2.84. The number of fused-ring (bicyclic) bond motifs is 1. The summed E-state index contributed by atoms with van der Waals surface area (Å²) in [7, 11) is 0. The Bertz CT molecular complexity index is 932. The molecule has 4 atom stereocenters. The first-order valence-corrected chi connectivity index (χ1v) is 10.6. The molecular formula is C22H27N7O. The van der Waals surface area contributed by atoms with E-state index in [1.54, 1.807) is 6.33 Å². The van der Waals surface area contributed by atoms with E-state index in [0.717, 1.165) is 38.0 Å². The Morgan fingerprint density at radius 1 is 1.00 bits per heavy atom. The lowest BCUT2D eigenvalue weighted by Crippen LogP contribution is -2.36. The number of nitrogens with one attached hydrogen (secondary N) is 1. The van der Waals surface area contributed by atoms with E-state index in [4.69, 9.17) is 0 Å². The maximum atomic E-state index is 10.6. The van der Waals surface area contributed by atoms with Crippen molar-refractivity contribution in [1.29, 1.82) is 0 Å². The Morgan fingerprint density at radius 3 is 2.50 bits per heavy atom. The zero-order valence-electron chi connectivity index (χ0n) is 16.9. The number of aliphatic hydroxyl groups is 1. The van der Waals surface area contributed by atoms with E-state index in [2.05, 4.69) is 42.4 Å². The van der Waals surface area contributed by atoms with Crippen LogP contribution in [-0.2, 0) is 13.1 Å².